The van der Waals surface area contributed by atoms with Gasteiger partial charge in [0, 0.05) is 58.4 Å². The van der Waals surface area contributed by atoms with Gasteiger partial charge in [0.2, 0.25) is 0 Å². The summed E-state index contributed by atoms with van der Waals surface area (Å²) in [5.41, 5.74) is 18.9. The Balaban J connectivity index is 0.000000243. The number of hydrogen-bond acceptors (Lipinski definition) is 6. The van der Waals surface area contributed by atoms with Crippen molar-refractivity contribution in [2.45, 2.75) is 14.9 Å². The van der Waals surface area contributed by atoms with Gasteiger partial charge in [0.25, 0.3) is 11.4 Å². The van der Waals surface area contributed by atoms with E-state index in [1.807, 2.05) is 60.7 Å². The van der Waals surface area contributed by atoms with Crippen molar-refractivity contribution in [1.29, 1.82) is 0 Å². The number of nitrogens with zero attached hydrogens (tertiary/aromatic N) is 2. The maximum atomic E-state index is 10.7. The minimum atomic E-state index is -0.480. The number of hydrogen-bond donors (Lipinski definition) is 4. The third kappa shape index (κ3) is 7.56. The lowest BCUT2D eigenvalue weighted by molar-refractivity contribution is -0.385. The van der Waals surface area contributed by atoms with E-state index in [4.69, 9.17) is 14.3 Å². The van der Waals surface area contributed by atoms with Crippen LogP contribution in [0.2, 0.25) is 2.82 Å². The molecule has 2 heterocycles. The normalized spacial score (nSPS) is 10.6. The van der Waals surface area contributed by atoms with Crippen LogP contribution in [0.4, 0.5) is 22.7 Å². The molecule has 224 valence electrons. The molecule has 0 aliphatic rings. The molecule has 0 saturated heterocycles. The molecule has 0 fully saturated rings. The molecule has 6 N–H and O–H groups in total. The predicted octanol–water partition coefficient (Wildman–Crippen LogP) is 8.95. The Bertz CT molecular complexity index is 1800. The van der Waals surface area contributed by atoms with Gasteiger partial charge in [-0.15, -0.1) is 0 Å². The summed E-state index contributed by atoms with van der Waals surface area (Å²) >= 11 is 0. The lowest BCUT2D eigenvalue weighted by atomic mass is 10.1. The summed E-state index contributed by atoms with van der Waals surface area (Å²) in [5, 5.41) is 21.4. The lowest BCUT2D eigenvalue weighted by Gasteiger charge is -2.01. The lowest BCUT2D eigenvalue weighted by Crippen LogP contribution is -1.88. The monoisotopic (exact) mass is 592 g/mol. The number of rotatable bonds is 6. The maximum Gasteiger partial charge on any atom is 0.269 e. The van der Waals surface area contributed by atoms with Gasteiger partial charge in [0.05, 0.1) is 9.85 Å². The van der Waals surface area contributed by atoms with Crippen LogP contribution in [-0.2, 0) is 0 Å². The number of H-pyrrole nitrogens is 2. The second kappa shape index (κ2) is 14.1. The van der Waals surface area contributed by atoms with Gasteiger partial charge in [0.15, 0.2) is 2.82 Å². The molecule has 4 aromatic carbocycles. The van der Waals surface area contributed by atoms with Crippen LogP contribution in [0.3, 0.4) is 0 Å². The first kappa shape index (κ1) is 29.3. The van der Waals surface area contributed by atoms with Crippen molar-refractivity contribution in [3.05, 3.63) is 142 Å². The second-order valence-corrected chi connectivity index (χ2v) is 9.28. The van der Waals surface area contributed by atoms with Crippen LogP contribution < -0.4 is 11.5 Å². The van der Waals surface area contributed by atoms with Gasteiger partial charge in [0.1, 0.15) is 0 Å². The molecule has 6 aromatic rings. The number of anilines is 2. The van der Waals surface area contributed by atoms with Crippen molar-refractivity contribution in [1.82, 2.24) is 9.95 Å². The first-order chi connectivity index (χ1) is 21.1. The molecular weight excluding hydrogens is 556 g/mol. The third-order valence-electron chi connectivity index (χ3n) is 6.44. The standard InChI is InChI=1S/C16H11N3O4.C16H15N3.2CH4/c20-18(21)13-5-1-11(2-6-13)15-9-10-16(17-15)12-3-7-14(8-4-12)19(22)23;17-13-5-1-11(2-6-13)15-9-10-16(19-15)12-3-7-14(18)8-4-12;;/h1-10,17H;1-10,19H,17-18H2;2*1H4/i/hD2. The van der Waals surface area contributed by atoms with Gasteiger partial charge in [-0.2, -0.15) is 0 Å². The molecule has 2 aromatic heterocycles. The van der Waals surface area contributed by atoms with Gasteiger partial charge in [-0.3, -0.25) is 20.2 Å². The van der Waals surface area contributed by atoms with Crippen LogP contribution in [0.15, 0.2) is 121 Å². The molecule has 0 aliphatic heterocycles. The van der Waals surface area contributed by atoms with Crippen LogP contribution in [-0.4, -0.2) is 19.8 Å². The SMILES string of the molecule is C.C.[2H]n1c(-c2ccc(N)cc2)ccc1-c1ccc(N)cc1.[2H]n1c(-c2ccc([N+](=O)[O-])cc2)ccc1-c1ccc([N+](=O)[O-])cc1. The maximum absolute atomic E-state index is 10.7. The fourth-order valence-electron chi connectivity index (χ4n) is 4.18. The molecule has 0 saturated carbocycles. The van der Waals surface area contributed by atoms with E-state index in [2.05, 4.69) is 0 Å². The number of nitrogens with one attached hydrogen (secondary N) is 2. The molecule has 0 amide bonds. The van der Waals surface area contributed by atoms with E-state index in [9.17, 15) is 20.2 Å². The smallest absolute Gasteiger partial charge is 0.269 e. The molecule has 10 heteroatoms. The molecule has 0 spiro atoms. The van der Waals surface area contributed by atoms with Crippen molar-refractivity contribution in [3.63, 3.8) is 0 Å². The Labute approximate surface area is 258 Å². The highest BCUT2D eigenvalue weighted by atomic mass is 16.6. The Hall–Kier alpha value is -6.16. The number of nitrogens with two attached hydrogens (primary N) is 2. The average molecular weight is 593 g/mol. The molecule has 0 atom stereocenters. The zero-order valence-electron chi connectivity index (χ0n) is 24.1. The predicted molar refractivity (Wildman–Crippen MR) is 179 cm³/mol. The topological polar surface area (TPSA) is 170 Å². The highest BCUT2D eigenvalue weighted by Crippen LogP contribution is 2.28. The highest BCUT2D eigenvalue weighted by Gasteiger charge is 2.09. The zero-order valence-corrected chi connectivity index (χ0v) is 22.1. The number of aromatic amines is 2. The molecule has 0 unspecified atom stereocenters. The Morgan fingerprint density at radius 2 is 0.682 bits per heavy atom. The van der Waals surface area contributed by atoms with Crippen molar-refractivity contribution in [2.75, 3.05) is 11.5 Å². The number of aromatic nitrogens is 2. The van der Waals surface area contributed by atoms with Crippen molar-refractivity contribution in [3.8, 4) is 45.0 Å². The highest BCUT2D eigenvalue weighted by molar-refractivity contribution is 5.71. The summed E-state index contributed by atoms with van der Waals surface area (Å²) in [7, 11) is 0. The fraction of sp³-hybridized carbons (Fsp3) is 0.0588. The first-order valence-corrected chi connectivity index (χ1v) is 12.8. The molecular formula is C34H34N6O4. The zero-order chi connectivity index (χ0) is 31.4. The Morgan fingerprint density at radius 3 is 0.909 bits per heavy atom. The van der Waals surface area contributed by atoms with Gasteiger partial charge < -0.3 is 21.4 Å². The second-order valence-electron chi connectivity index (χ2n) is 9.28. The summed E-state index contributed by atoms with van der Waals surface area (Å²) in [6.45, 7) is 0. The van der Waals surface area contributed by atoms with Gasteiger partial charge in [-0.25, -0.2) is 0 Å². The average Bonchev–Trinajstić information content (AvgIpc) is 3.60. The fourth-order valence-corrected chi connectivity index (χ4v) is 4.18. The summed E-state index contributed by atoms with van der Waals surface area (Å²) in [4.78, 5) is 23.1. The van der Waals surface area contributed by atoms with E-state index in [-0.39, 0.29) is 26.2 Å². The van der Waals surface area contributed by atoms with Crippen LogP contribution in [0.25, 0.3) is 45.0 Å². The van der Waals surface area contributed by atoms with Crippen molar-refractivity contribution >= 4 is 22.7 Å². The Kier molecular flexibility index (Phi) is 9.43. The van der Waals surface area contributed by atoms with Crippen LogP contribution in [0, 0.1) is 20.2 Å². The molecule has 44 heavy (non-hydrogen) atoms. The number of nitro benzene ring substituents is 2. The summed E-state index contributed by atoms with van der Waals surface area (Å²) in [6.07, 6.45) is 0. The van der Waals surface area contributed by atoms with Gasteiger partial charge in [-0.1, -0.05) is 39.1 Å². The number of non-ortho nitro benzene ring substituents is 2. The largest absolute Gasteiger partial charge is 0.399 e. The van der Waals surface area contributed by atoms with E-state index >= 15 is 0 Å². The molecule has 10 nitrogen and oxygen atoms in total. The van der Waals surface area contributed by atoms with Gasteiger partial charge >= 0.3 is 0 Å². The number of nitro groups is 2. The third-order valence-corrected chi connectivity index (χ3v) is 6.44. The van der Waals surface area contributed by atoms with E-state index in [0.717, 1.165) is 33.9 Å². The van der Waals surface area contributed by atoms with E-state index in [0.29, 0.717) is 22.5 Å². The van der Waals surface area contributed by atoms with Gasteiger partial charge in [-0.05, 0) is 95.1 Å². The quantitative estimate of drug-likeness (QED) is 0.0854. The molecule has 0 aliphatic carbocycles. The van der Waals surface area contributed by atoms with Crippen LogP contribution in [0.1, 0.15) is 14.9 Å². The van der Waals surface area contributed by atoms with Crippen molar-refractivity contribution < 1.29 is 12.7 Å². The first-order valence-electron chi connectivity index (χ1n) is 13.7. The van der Waals surface area contributed by atoms with E-state index < -0.39 is 9.85 Å². The minimum Gasteiger partial charge on any atom is -0.399 e. The molecule has 0 bridgehead atoms. The summed E-state index contributed by atoms with van der Waals surface area (Å²) in [6, 6.07) is 34.2. The minimum absolute atomic E-state index is 0. The van der Waals surface area contributed by atoms with E-state index in [1.54, 1.807) is 36.4 Å². The Morgan fingerprint density at radius 1 is 0.455 bits per heavy atom. The van der Waals surface area contributed by atoms with Crippen LogP contribution >= 0.6 is 0 Å². The van der Waals surface area contributed by atoms with Crippen molar-refractivity contribution in [2.24, 2.45) is 0 Å². The molecule has 6 rings (SSSR count). The molecule has 0 radical (unpaired) electrons. The summed E-state index contributed by atoms with van der Waals surface area (Å²) < 4.78 is 16.5. The van der Waals surface area contributed by atoms with E-state index in [1.165, 1.54) is 34.2 Å². The van der Waals surface area contributed by atoms with Crippen LogP contribution in [0.5, 0.6) is 0 Å². The number of nitrogen functional groups attached to an aromatic ring is 2. The number of benzene rings is 4. The summed E-state index contributed by atoms with van der Waals surface area (Å²) in [5.74, 6) is 0.